The molecule has 40 heavy (non-hydrogen) atoms. The van der Waals surface area contributed by atoms with Gasteiger partial charge in [0.15, 0.2) is 5.43 Å². The lowest BCUT2D eigenvalue weighted by atomic mass is 10.0. The molecule has 0 unspecified atom stereocenters. The number of hydroxylamine groups is 2. The second-order valence-electron chi connectivity index (χ2n) is 8.80. The van der Waals surface area contributed by atoms with Gasteiger partial charge in [-0.1, -0.05) is 19.9 Å². The van der Waals surface area contributed by atoms with Crippen molar-refractivity contribution in [2.75, 3.05) is 0 Å². The Bertz CT molecular complexity index is 1760. The Morgan fingerprint density at radius 1 is 0.825 bits per heavy atom. The molecule has 1 aliphatic heterocycles. The molecule has 2 amide bonds. The molecule has 0 aliphatic carbocycles. The molecule has 0 fully saturated rings. The van der Waals surface area contributed by atoms with Gasteiger partial charge in [0.1, 0.15) is 0 Å². The van der Waals surface area contributed by atoms with E-state index in [4.69, 9.17) is 0 Å². The fourth-order valence-corrected chi connectivity index (χ4v) is 5.77. The van der Waals surface area contributed by atoms with E-state index in [2.05, 4.69) is 4.28 Å². The number of benzene rings is 2. The topological polar surface area (TPSA) is 97.8 Å². The number of amides is 2. The van der Waals surface area contributed by atoms with Crippen molar-refractivity contribution in [1.29, 1.82) is 0 Å². The number of carbonyl (C=O) groups excluding carboxylic acids is 2. The summed E-state index contributed by atoms with van der Waals surface area (Å²) in [5.41, 5.74) is -1.41. The van der Waals surface area contributed by atoms with Gasteiger partial charge < -0.3 is 0 Å². The highest BCUT2D eigenvalue weighted by atomic mass is 32.2. The van der Waals surface area contributed by atoms with Crippen molar-refractivity contribution >= 4 is 53.4 Å². The Morgan fingerprint density at radius 3 is 1.98 bits per heavy atom. The fraction of sp³-hybridized carbons (Fsp3) is 0.318. The third kappa shape index (κ3) is 3.98. The predicted octanol–water partition coefficient (Wildman–Crippen LogP) is 5.82. The zero-order valence-corrected chi connectivity index (χ0v) is 21.2. The molecule has 0 bridgehead atoms. The minimum absolute atomic E-state index is 0.0120. The summed E-state index contributed by atoms with van der Waals surface area (Å²) < 4.78 is 146. The predicted molar refractivity (Wildman–Crippen MR) is 121 cm³/mol. The van der Waals surface area contributed by atoms with E-state index in [1.807, 2.05) is 13.8 Å². The Hall–Kier alpha value is -3.25. The molecule has 18 heteroatoms. The average molecular weight is 621 g/mol. The molecule has 0 saturated heterocycles. The molecule has 2 aromatic carbocycles. The number of halogens is 9. The van der Waals surface area contributed by atoms with Gasteiger partial charge in [-0.3, -0.25) is 14.4 Å². The van der Waals surface area contributed by atoms with Crippen molar-refractivity contribution in [3.05, 3.63) is 57.2 Å². The maximum atomic E-state index is 14.1. The smallest absolute Gasteiger partial charge is 0.289 e. The molecular formula is C22H12F9NO6S2. The lowest BCUT2D eigenvalue weighted by Crippen LogP contribution is -2.64. The van der Waals surface area contributed by atoms with Gasteiger partial charge in [0.05, 0.1) is 15.8 Å². The molecular weight excluding hydrogens is 609 g/mol. The third-order valence-electron chi connectivity index (χ3n) is 5.94. The maximum Gasteiger partial charge on any atom is 0.460 e. The van der Waals surface area contributed by atoms with Crippen LogP contribution in [0.2, 0.25) is 0 Å². The molecule has 0 saturated carbocycles. The Kier molecular flexibility index (Phi) is 6.59. The summed E-state index contributed by atoms with van der Waals surface area (Å²) in [6, 6.07) is 6.54. The highest BCUT2D eigenvalue weighted by molar-refractivity contribution is 7.87. The lowest BCUT2D eigenvalue weighted by Gasteiger charge is -2.32. The minimum atomic E-state index is -7.64. The van der Waals surface area contributed by atoms with Gasteiger partial charge in [0.2, 0.25) is 0 Å². The van der Waals surface area contributed by atoms with Crippen LogP contribution in [-0.2, 0) is 14.4 Å². The number of fused-ring (bicyclic) bond motifs is 4. The number of alkyl halides is 9. The zero-order valence-electron chi connectivity index (χ0n) is 19.6. The molecule has 7 nitrogen and oxygen atoms in total. The van der Waals surface area contributed by atoms with Crippen LogP contribution in [0.25, 0.3) is 20.2 Å². The van der Waals surface area contributed by atoms with E-state index < -0.39 is 66.8 Å². The molecule has 3 aromatic rings. The average Bonchev–Trinajstić information content (AvgIpc) is 3.07. The first-order valence-corrected chi connectivity index (χ1v) is 12.9. The number of carbonyl (C=O) groups is 2. The molecule has 1 aliphatic rings. The van der Waals surface area contributed by atoms with Gasteiger partial charge in [-0.15, -0.1) is 20.7 Å². The number of imide groups is 1. The van der Waals surface area contributed by atoms with Crippen LogP contribution in [0, 0.1) is 0 Å². The summed E-state index contributed by atoms with van der Waals surface area (Å²) in [6.07, 6.45) is -7.33. The molecule has 1 aromatic heterocycles. The molecule has 4 rings (SSSR count). The normalized spacial score (nSPS) is 15.6. The van der Waals surface area contributed by atoms with Gasteiger partial charge in [0, 0.05) is 15.5 Å². The fourth-order valence-electron chi connectivity index (χ4n) is 3.72. The summed E-state index contributed by atoms with van der Waals surface area (Å²) in [7, 11) is -7.57. The number of rotatable bonds is 6. The quantitative estimate of drug-likeness (QED) is 0.196. The van der Waals surface area contributed by atoms with E-state index in [9.17, 15) is 62.3 Å². The van der Waals surface area contributed by atoms with Gasteiger partial charge in [0.25, 0.3) is 11.8 Å². The van der Waals surface area contributed by atoms with E-state index in [1.54, 1.807) is 12.1 Å². The van der Waals surface area contributed by atoms with Crippen molar-refractivity contribution in [1.82, 2.24) is 5.06 Å². The number of hydrogen-bond acceptors (Lipinski definition) is 7. The SMILES string of the molecule is CC(C)c1ccc2sc3c4c(ccc3c(=O)c2c1)C(=O)N(OS(=O)(=O)C(F)(F)C(F)(F)C(F)(F)C(F)(F)F)C4=O. The Balaban J connectivity index is 1.81. The molecule has 0 radical (unpaired) electrons. The summed E-state index contributed by atoms with van der Waals surface area (Å²) in [5, 5.41) is -8.29. The van der Waals surface area contributed by atoms with Crippen LogP contribution in [0.3, 0.4) is 0 Å². The Morgan fingerprint density at radius 2 is 1.43 bits per heavy atom. The first kappa shape index (κ1) is 29.7. The number of nitrogens with zero attached hydrogens (tertiary/aromatic N) is 1. The summed E-state index contributed by atoms with van der Waals surface area (Å²) in [6.45, 7) is 3.69. The van der Waals surface area contributed by atoms with Crippen LogP contribution in [0.15, 0.2) is 35.1 Å². The van der Waals surface area contributed by atoms with E-state index in [1.165, 1.54) is 6.07 Å². The highest BCUT2D eigenvalue weighted by Crippen LogP contribution is 2.55. The number of hydrogen-bond donors (Lipinski definition) is 0. The summed E-state index contributed by atoms with van der Waals surface area (Å²) in [5.74, 6) is -19.0. The maximum absolute atomic E-state index is 14.1. The van der Waals surface area contributed by atoms with Gasteiger partial charge >= 0.3 is 33.4 Å². The molecule has 2 heterocycles. The van der Waals surface area contributed by atoms with Crippen LogP contribution in [0.5, 0.6) is 0 Å². The zero-order chi connectivity index (χ0) is 30.4. The van der Waals surface area contributed by atoms with Gasteiger partial charge in [-0.05, 0) is 35.7 Å². The lowest BCUT2D eigenvalue weighted by molar-refractivity contribution is -0.383. The standard InChI is InChI=1S/C22H12F9NO6S2/c1-8(2)9-3-6-13-12(7-9)15(33)11-5-4-10-14(16(11)39-13)18(35)32(17(10)34)38-40(36,37)22(30,31)20(25,26)19(23,24)21(27,28)29/h3-8H,1-2H3. The van der Waals surface area contributed by atoms with Gasteiger partial charge in [-0.2, -0.15) is 47.9 Å². The van der Waals surface area contributed by atoms with Crippen LogP contribution >= 0.6 is 11.3 Å². The highest BCUT2D eigenvalue weighted by Gasteiger charge is 2.86. The third-order valence-corrected chi connectivity index (χ3v) is 8.38. The first-order valence-electron chi connectivity index (χ1n) is 10.6. The minimum Gasteiger partial charge on any atom is -0.289 e. The largest absolute Gasteiger partial charge is 0.460 e. The van der Waals surface area contributed by atoms with Gasteiger partial charge in [-0.25, -0.2) is 0 Å². The van der Waals surface area contributed by atoms with Crippen LogP contribution in [-0.4, -0.2) is 48.6 Å². The monoisotopic (exact) mass is 621 g/mol. The van der Waals surface area contributed by atoms with E-state index in [-0.39, 0.29) is 26.1 Å². The Labute approximate surface area is 220 Å². The molecule has 0 spiro atoms. The molecule has 216 valence electrons. The van der Waals surface area contributed by atoms with Crippen molar-refractivity contribution in [3.63, 3.8) is 0 Å². The second-order valence-corrected chi connectivity index (χ2v) is 11.4. The van der Waals surface area contributed by atoms with Crippen molar-refractivity contribution < 1.29 is 61.8 Å². The molecule has 0 N–H and O–H groups in total. The van der Waals surface area contributed by atoms with Crippen LogP contribution in [0.4, 0.5) is 39.5 Å². The molecule has 0 atom stereocenters. The van der Waals surface area contributed by atoms with E-state index in [0.29, 0.717) is 0 Å². The second kappa shape index (κ2) is 8.87. The van der Waals surface area contributed by atoms with Crippen molar-refractivity contribution in [2.45, 2.75) is 43.0 Å². The first-order chi connectivity index (χ1) is 18.1. The van der Waals surface area contributed by atoms with Crippen LogP contribution < -0.4 is 5.43 Å². The van der Waals surface area contributed by atoms with E-state index in [0.717, 1.165) is 29.0 Å². The van der Waals surface area contributed by atoms with Crippen LogP contribution in [0.1, 0.15) is 46.0 Å². The van der Waals surface area contributed by atoms with Crippen molar-refractivity contribution in [2.24, 2.45) is 0 Å². The summed E-state index contributed by atoms with van der Waals surface area (Å²) >= 11 is 0.736. The summed E-state index contributed by atoms with van der Waals surface area (Å²) in [4.78, 5) is 38.6. The van der Waals surface area contributed by atoms with E-state index >= 15 is 0 Å². The van der Waals surface area contributed by atoms with Crippen molar-refractivity contribution in [3.8, 4) is 0 Å².